The van der Waals surface area contributed by atoms with Crippen molar-refractivity contribution >= 4 is 23.4 Å². The number of benzene rings is 2. The summed E-state index contributed by atoms with van der Waals surface area (Å²) in [5.74, 6) is -1.03. The van der Waals surface area contributed by atoms with E-state index in [0.717, 1.165) is 28.8 Å². The molecular weight excluding hydrogens is 346 g/mol. The highest BCUT2D eigenvalue weighted by molar-refractivity contribution is 6.27. The molecule has 1 unspecified atom stereocenters. The van der Waals surface area contributed by atoms with Gasteiger partial charge in [-0.3, -0.25) is 29.8 Å². The van der Waals surface area contributed by atoms with Crippen LogP contribution in [0.4, 0.5) is 11.4 Å². The van der Waals surface area contributed by atoms with Crippen molar-refractivity contribution in [2.45, 2.75) is 12.6 Å². The number of Topliss-reactive ketones (excluding diaryl/α,β-unsaturated/α-hetero) is 1. The molecule has 10 nitrogen and oxygen atoms in total. The van der Waals surface area contributed by atoms with E-state index in [0.29, 0.717) is 5.56 Å². The van der Waals surface area contributed by atoms with Crippen molar-refractivity contribution in [3.8, 4) is 5.75 Å². The third-order valence-electron chi connectivity index (χ3n) is 3.92. The van der Waals surface area contributed by atoms with E-state index in [-0.39, 0.29) is 18.6 Å². The number of nitro benzene ring substituents is 2. The predicted molar refractivity (Wildman–Crippen MR) is 86.2 cm³/mol. The average Bonchev–Trinajstić information content (AvgIpc) is 2.98. The van der Waals surface area contributed by atoms with Crippen LogP contribution in [0.25, 0.3) is 0 Å². The third kappa shape index (κ3) is 3.00. The molecule has 132 valence electrons. The first-order valence-corrected chi connectivity index (χ1v) is 7.36. The van der Waals surface area contributed by atoms with Crippen LogP contribution in [0, 0.1) is 20.2 Å². The number of carbonyl (C=O) groups excluding carboxylic acids is 2. The first-order chi connectivity index (χ1) is 12.4. The van der Waals surface area contributed by atoms with E-state index in [1.54, 1.807) is 24.3 Å². The van der Waals surface area contributed by atoms with Crippen LogP contribution in [0.2, 0.25) is 0 Å². The maximum absolute atomic E-state index is 12.0. The molecular formula is C16H11N3O7. The van der Waals surface area contributed by atoms with Gasteiger partial charge in [0, 0.05) is 6.07 Å². The lowest BCUT2D eigenvalue weighted by Crippen LogP contribution is -2.32. The molecule has 0 aliphatic carbocycles. The monoisotopic (exact) mass is 357 g/mol. The van der Waals surface area contributed by atoms with Gasteiger partial charge in [0.2, 0.25) is 11.5 Å². The van der Waals surface area contributed by atoms with E-state index in [1.165, 1.54) is 0 Å². The number of nitro groups is 2. The number of hydrogen-bond acceptors (Lipinski definition) is 8. The molecule has 0 radical (unpaired) electrons. The lowest BCUT2D eigenvalue weighted by atomic mass is 10.0. The smallest absolute Gasteiger partial charge is 0.320 e. The van der Waals surface area contributed by atoms with Gasteiger partial charge in [0.25, 0.3) is 5.69 Å². The quantitative estimate of drug-likeness (QED) is 0.332. The minimum absolute atomic E-state index is 0.120. The van der Waals surface area contributed by atoms with Crippen LogP contribution in [0.5, 0.6) is 5.75 Å². The van der Waals surface area contributed by atoms with E-state index >= 15 is 0 Å². The first-order valence-electron chi connectivity index (χ1n) is 7.36. The highest BCUT2D eigenvalue weighted by atomic mass is 16.7. The molecule has 1 aliphatic heterocycles. The highest BCUT2D eigenvalue weighted by Crippen LogP contribution is 2.38. The molecule has 3 rings (SSSR count). The maximum Gasteiger partial charge on any atom is 0.320 e. The van der Waals surface area contributed by atoms with E-state index in [2.05, 4.69) is 0 Å². The number of nitrogens with zero attached hydrogens (tertiary/aromatic N) is 3. The van der Waals surface area contributed by atoms with Gasteiger partial charge < -0.3 is 4.84 Å². The summed E-state index contributed by atoms with van der Waals surface area (Å²) in [5, 5.41) is 23.2. The van der Waals surface area contributed by atoms with Gasteiger partial charge in [-0.1, -0.05) is 24.3 Å². The lowest BCUT2D eigenvalue weighted by molar-refractivity contribution is -0.395. The number of fused-ring (bicyclic) bond motifs is 1. The van der Waals surface area contributed by atoms with Crippen molar-refractivity contribution in [2.24, 2.45) is 0 Å². The SMILES string of the molecule is O=CC(=O)C1c2ccccc2CN1Oc1ccc([N+](=O)[O-])cc1[N+](=O)[O-]. The van der Waals surface area contributed by atoms with Gasteiger partial charge in [-0.15, -0.1) is 5.06 Å². The molecule has 2 aromatic rings. The van der Waals surface area contributed by atoms with Crippen LogP contribution in [0.15, 0.2) is 42.5 Å². The molecule has 10 heteroatoms. The molecule has 0 N–H and O–H groups in total. The van der Waals surface area contributed by atoms with Crippen LogP contribution in [0.3, 0.4) is 0 Å². The number of ketones is 1. The van der Waals surface area contributed by atoms with Gasteiger partial charge in [0.05, 0.1) is 22.5 Å². The molecule has 1 atom stereocenters. The summed E-state index contributed by atoms with van der Waals surface area (Å²) in [6, 6.07) is 8.72. The van der Waals surface area contributed by atoms with Gasteiger partial charge >= 0.3 is 5.69 Å². The fourth-order valence-electron chi connectivity index (χ4n) is 2.77. The number of hydrogen-bond donors (Lipinski definition) is 0. The molecule has 0 aromatic heterocycles. The fraction of sp³-hybridized carbons (Fsp3) is 0.125. The van der Waals surface area contributed by atoms with Crippen LogP contribution in [-0.4, -0.2) is 27.0 Å². The number of aldehydes is 1. The Morgan fingerprint density at radius 3 is 2.54 bits per heavy atom. The number of carbonyl (C=O) groups is 2. The summed E-state index contributed by atoms with van der Waals surface area (Å²) < 4.78 is 0. The Labute approximate surface area is 145 Å². The Hall–Kier alpha value is -3.66. The molecule has 0 saturated heterocycles. The zero-order chi connectivity index (χ0) is 18.8. The second kappa shape index (κ2) is 6.69. The Morgan fingerprint density at radius 1 is 1.15 bits per heavy atom. The van der Waals surface area contributed by atoms with Crippen molar-refractivity contribution in [2.75, 3.05) is 0 Å². The molecule has 0 amide bonds. The van der Waals surface area contributed by atoms with Crippen molar-refractivity contribution in [3.63, 3.8) is 0 Å². The van der Waals surface area contributed by atoms with Gasteiger partial charge in [-0.05, 0) is 17.2 Å². The zero-order valence-electron chi connectivity index (χ0n) is 13.1. The molecule has 0 saturated carbocycles. The van der Waals surface area contributed by atoms with Gasteiger partial charge in [0.1, 0.15) is 6.04 Å². The number of rotatable bonds is 6. The molecule has 0 bridgehead atoms. The zero-order valence-corrected chi connectivity index (χ0v) is 13.1. The molecule has 0 spiro atoms. The van der Waals surface area contributed by atoms with Crippen molar-refractivity contribution in [3.05, 3.63) is 73.8 Å². The van der Waals surface area contributed by atoms with Crippen LogP contribution < -0.4 is 4.84 Å². The Bertz CT molecular complexity index is 928. The Kier molecular flexibility index (Phi) is 4.42. The molecule has 0 fully saturated rings. The highest BCUT2D eigenvalue weighted by Gasteiger charge is 2.38. The van der Waals surface area contributed by atoms with Gasteiger partial charge in [-0.25, -0.2) is 0 Å². The van der Waals surface area contributed by atoms with E-state index in [4.69, 9.17) is 4.84 Å². The van der Waals surface area contributed by atoms with Crippen molar-refractivity contribution < 1.29 is 24.3 Å². The summed E-state index contributed by atoms with van der Waals surface area (Å²) in [4.78, 5) is 49.0. The summed E-state index contributed by atoms with van der Waals surface area (Å²) in [5.41, 5.74) is 0.216. The van der Waals surface area contributed by atoms with E-state index in [1.807, 2.05) is 0 Å². The van der Waals surface area contributed by atoms with Gasteiger partial charge in [-0.2, -0.15) is 0 Å². The molecule has 1 aliphatic rings. The Balaban J connectivity index is 1.98. The van der Waals surface area contributed by atoms with E-state index < -0.39 is 33.0 Å². The minimum Gasteiger partial charge on any atom is -0.397 e. The van der Waals surface area contributed by atoms with Gasteiger partial charge in [0.15, 0.2) is 6.29 Å². The normalized spacial score (nSPS) is 15.9. The summed E-state index contributed by atoms with van der Waals surface area (Å²) >= 11 is 0. The van der Waals surface area contributed by atoms with Crippen molar-refractivity contribution in [1.82, 2.24) is 5.06 Å². The van der Waals surface area contributed by atoms with E-state index in [9.17, 15) is 29.8 Å². The first kappa shape index (κ1) is 17.2. The summed E-state index contributed by atoms with van der Waals surface area (Å²) in [6.45, 7) is 0.120. The molecule has 1 heterocycles. The standard InChI is InChI=1S/C16H11N3O7/c20-9-14(21)16-12-4-2-1-3-10(12)8-17(16)26-15-6-5-11(18(22)23)7-13(15)19(24)25/h1-7,9,16H,8H2. The third-order valence-corrected chi connectivity index (χ3v) is 3.92. The summed E-state index contributed by atoms with van der Waals surface area (Å²) in [7, 11) is 0. The fourth-order valence-corrected chi connectivity index (χ4v) is 2.77. The predicted octanol–water partition coefficient (Wildman–Crippen LogP) is 2.12. The maximum atomic E-state index is 12.0. The molecule has 2 aromatic carbocycles. The molecule has 26 heavy (non-hydrogen) atoms. The largest absolute Gasteiger partial charge is 0.397 e. The summed E-state index contributed by atoms with van der Waals surface area (Å²) in [6.07, 6.45) is 0.160. The van der Waals surface area contributed by atoms with Crippen molar-refractivity contribution in [1.29, 1.82) is 0 Å². The number of hydroxylamine groups is 2. The van der Waals surface area contributed by atoms with Crippen LogP contribution >= 0.6 is 0 Å². The average molecular weight is 357 g/mol. The lowest BCUT2D eigenvalue weighted by Gasteiger charge is -2.22. The second-order valence-electron chi connectivity index (χ2n) is 5.45. The number of non-ortho nitro benzene ring substituents is 1. The second-order valence-corrected chi connectivity index (χ2v) is 5.45. The Morgan fingerprint density at radius 2 is 1.88 bits per heavy atom. The minimum atomic E-state index is -1.04. The van der Waals surface area contributed by atoms with Crippen LogP contribution in [0.1, 0.15) is 17.2 Å². The topological polar surface area (TPSA) is 133 Å². The van der Waals surface area contributed by atoms with Crippen LogP contribution in [-0.2, 0) is 16.1 Å².